The number of hydrogen-bond donors (Lipinski definition) is 0. The van der Waals surface area contributed by atoms with E-state index in [1.54, 1.807) is 17.9 Å². The lowest BCUT2D eigenvalue weighted by molar-refractivity contribution is 0.432. The third-order valence-corrected chi connectivity index (χ3v) is 4.76. The van der Waals surface area contributed by atoms with Gasteiger partial charge in [-0.1, -0.05) is 39.3 Å². The van der Waals surface area contributed by atoms with E-state index in [0.29, 0.717) is 34.4 Å². The molecule has 4 heterocycles. The summed E-state index contributed by atoms with van der Waals surface area (Å²) < 4.78 is 12.6. The molecule has 5 aromatic rings. The van der Waals surface area contributed by atoms with E-state index in [4.69, 9.17) is 9.05 Å². The topological polar surface area (TPSA) is 109 Å². The summed E-state index contributed by atoms with van der Waals surface area (Å²) in [5.74, 6) is 0.704. The molecule has 5 rings (SSSR count). The molecule has 0 fully saturated rings. The molecule has 144 valence electrons. The molecule has 0 saturated carbocycles. The van der Waals surface area contributed by atoms with Gasteiger partial charge in [0.15, 0.2) is 5.69 Å². The van der Waals surface area contributed by atoms with Gasteiger partial charge in [0, 0.05) is 12.6 Å². The largest absolute Gasteiger partial charge is 0.335 e. The van der Waals surface area contributed by atoms with Gasteiger partial charge in [-0.2, -0.15) is 4.98 Å². The Hall–Kier alpha value is -3.88. The van der Waals surface area contributed by atoms with Gasteiger partial charge in [-0.25, -0.2) is 4.98 Å². The van der Waals surface area contributed by atoms with Crippen molar-refractivity contribution in [2.24, 2.45) is 7.05 Å². The van der Waals surface area contributed by atoms with E-state index in [1.165, 1.54) is 5.56 Å². The second-order valence-corrected chi connectivity index (χ2v) is 7.02. The SMILES string of the molecule is Cc1ccc(-c2cc(-c3nc(-c4cn(C)nn4)no3)c3c(C)noc3n2)c(C)c1. The van der Waals surface area contributed by atoms with Crippen LogP contribution in [-0.2, 0) is 7.05 Å². The third-order valence-electron chi connectivity index (χ3n) is 4.76. The minimum atomic E-state index is 0.343. The molecule has 1 aromatic carbocycles. The molecular formula is C20H17N7O2. The van der Waals surface area contributed by atoms with Crippen molar-refractivity contribution in [1.29, 1.82) is 0 Å². The maximum atomic E-state index is 5.55. The summed E-state index contributed by atoms with van der Waals surface area (Å²) in [7, 11) is 1.78. The van der Waals surface area contributed by atoms with Gasteiger partial charge in [-0.05, 0) is 32.4 Å². The molecule has 9 nitrogen and oxygen atoms in total. The van der Waals surface area contributed by atoms with Crippen LogP contribution in [-0.4, -0.2) is 35.3 Å². The van der Waals surface area contributed by atoms with Crippen molar-refractivity contribution in [1.82, 2.24) is 35.3 Å². The number of benzene rings is 1. The molecule has 0 atom stereocenters. The monoisotopic (exact) mass is 387 g/mol. The first kappa shape index (κ1) is 17.2. The van der Waals surface area contributed by atoms with Crippen molar-refractivity contribution in [3.05, 3.63) is 47.3 Å². The molecule has 0 aliphatic carbocycles. The van der Waals surface area contributed by atoms with E-state index in [1.807, 2.05) is 19.1 Å². The first-order valence-electron chi connectivity index (χ1n) is 9.05. The zero-order valence-corrected chi connectivity index (χ0v) is 16.3. The highest BCUT2D eigenvalue weighted by Crippen LogP contribution is 2.34. The minimum Gasteiger partial charge on any atom is -0.335 e. The molecule has 29 heavy (non-hydrogen) atoms. The Bertz CT molecular complexity index is 1360. The zero-order chi connectivity index (χ0) is 20.1. The van der Waals surface area contributed by atoms with Crippen molar-refractivity contribution in [2.75, 3.05) is 0 Å². The van der Waals surface area contributed by atoms with E-state index in [2.05, 4.69) is 56.6 Å². The first-order valence-corrected chi connectivity index (χ1v) is 9.05. The van der Waals surface area contributed by atoms with Gasteiger partial charge < -0.3 is 9.05 Å². The van der Waals surface area contributed by atoms with Crippen LogP contribution >= 0.6 is 0 Å². The van der Waals surface area contributed by atoms with Crippen molar-refractivity contribution in [2.45, 2.75) is 20.8 Å². The average Bonchev–Trinajstić information content (AvgIpc) is 3.41. The van der Waals surface area contributed by atoms with Crippen molar-refractivity contribution in [3.63, 3.8) is 0 Å². The minimum absolute atomic E-state index is 0.343. The Labute approximate surface area is 165 Å². The predicted octanol–water partition coefficient (Wildman–Crippen LogP) is 3.66. The fraction of sp³-hybridized carbons (Fsp3) is 0.200. The standard InChI is InChI=1S/C20H17N7O2/c1-10-5-6-13(11(2)7-10)15-8-14(17-12(3)24-29-20(17)21-15)19-22-18(25-28-19)16-9-27(4)26-23-16/h5-9H,1-4H3. The molecule has 0 radical (unpaired) electrons. The van der Waals surface area contributed by atoms with Crippen molar-refractivity contribution < 1.29 is 9.05 Å². The van der Waals surface area contributed by atoms with Crippen LogP contribution in [0.3, 0.4) is 0 Å². The van der Waals surface area contributed by atoms with Gasteiger partial charge >= 0.3 is 0 Å². The molecule has 4 aromatic heterocycles. The van der Waals surface area contributed by atoms with Gasteiger partial charge in [-0.15, -0.1) is 5.10 Å². The van der Waals surface area contributed by atoms with E-state index in [-0.39, 0.29) is 0 Å². The van der Waals surface area contributed by atoms with Crippen molar-refractivity contribution in [3.8, 4) is 34.2 Å². The molecule has 0 aliphatic rings. The first-order chi connectivity index (χ1) is 14.0. The number of rotatable bonds is 3. The smallest absolute Gasteiger partial charge is 0.259 e. The number of hydrogen-bond acceptors (Lipinski definition) is 8. The van der Waals surface area contributed by atoms with Gasteiger partial charge in [-0.3, -0.25) is 4.68 Å². The molecule has 0 bridgehead atoms. The summed E-state index contributed by atoms with van der Waals surface area (Å²) in [6.45, 7) is 5.97. The highest BCUT2D eigenvalue weighted by molar-refractivity contribution is 5.94. The highest BCUT2D eigenvalue weighted by atomic mass is 16.5. The zero-order valence-electron chi connectivity index (χ0n) is 16.3. The third kappa shape index (κ3) is 2.87. The summed E-state index contributed by atoms with van der Waals surface area (Å²) in [4.78, 5) is 9.18. The normalized spacial score (nSPS) is 11.4. The molecule has 0 unspecified atom stereocenters. The number of pyridine rings is 1. The Morgan fingerprint density at radius 3 is 2.52 bits per heavy atom. The van der Waals surface area contributed by atoms with Crippen molar-refractivity contribution >= 4 is 11.1 Å². The lowest BCUT2D eigenvalue weighted by Crippen LogP contribution is -1.92. The van der Waals surface area contributed by atoms with Crippen LogP contribution in [0.1, 0.15) is 16.8 Å². The molecule has 0 aliphatic heterocycles. The Morgan fingerprint density at radius 2 is 1.76 bits per heavy atom. The molecule has 0 spiro atoms. The van der Waals surface area contributed by atoms with Gasteiger partial charge in [0.05, 0.1) is 28.5 Å². The predicted molar refractivity (Wildman–Crippen MR) is 105 cm³/mol. The number of aryl methyl sites for hydroxylation is 4. The molecule has 0 N–H and O–H groups in total. The Morgan fingerprint density at radius 1 is 0.897 bits per heavy atom. The number of nitrogens with zero attached hydrogens (tertiary/aromatic N) is 7. The summed E-state index contributed by atoms with van der Waals surface area (Å²) in [5.41, 5.74) is 6.43. The van der Waals surface area contributed by atoms with Gasteiger partial charge in [0.1, 0.15) is 0 Å². The van der Waals surface area contributed by atoms with E-state index < -0.39 is 0 Å². The quantitative estimate of drug-likeness (QED) is 0.461. The molecule has 0 amide bonds. The maximum Gasteiger partial charge on any atom is 0.259 e. The van der Waals surface area contributed by atoms with Crippen LogP contribution in [0, 0.1) is 20.8 Å². The van der Waals surface area contributed by atoms with Gasteiger partial charge in [0.2, 0.25) is 5.82 Å². The number of aromatic nitrogens is 7. The molecule has 0 saturated heterocycles. The van der Waals surface area contributed by atoms with E-state index in [0.717, 1.165) is 22.2 Å². The van der Waals surface area contributed by atoms with Crippen LogP contribution in [0.15, 0.2) is 39.5 Å². The molecular weight excluding hydrogens is 370 g/mol. The lowest BCUT2D eigenvalue weighted by Gasteiger charge is -2.08. The summed E-state index contributed by atoms with van der Waals surface area (Å²) in [6.07, 6.45) is 1.72. The summed E-state index contributed by atoms with van der Waals surface area (Å²) in [5, 5.41) is 16.8. The van der Waals surface area contributed by atoms with Crippen LogP contribution in [0.25, 0.3) is 45.3 Å². The number of fused-ring (bicyclic) bond motifs is 1. The summed E-state index contributed by atoms with van der Waals surface area (Å²) >= 11 is 0. The van der Waals surface area contributed by atoms with Gasteiger partial charge in [0.25, 0.3) is 11.6 Å². The average molecular weight is 387 g/mol. The van der Waals surface area contributed by atoms with Crippen LogP contribution < -0.4 is 0 Å². The molecule has 9 heteroatoms. The van der Waals surface area contributed by atoms with E-state index >= 15 is 0 Å². The Balaban J connectivity index is 1.70. The fourth-order valence-corrected chi connectivity index (χ4v) is 3.39. The lowest BCUT2D eigenvalue weighted by atomic mass is 10.0. The summed E-state index contributed by atoms with van der Waals surface area (Å²) in [6, 6.07) is 8.15. The second kappa shape index (κ2) is 6.33. The fourth-order valence-electron chi connectivity index (χ4n) is 3.39. The Kier molecular flexibility index (Phi) is 3.76. The maximum absolute atomic E-state index is 5.55. The van der Waals surface area contributed by atoms with E-state index in [9.17, 15) is 0 Å². The van der Waals surface area contributed by atoms with Crippen LogP contribution in [0.4, 0.5) is 0 Å². The highest BCUT2D eigenvalue weighted by Gasteiger charge is 2.21. The van der Waals surface area contributed by atoms with Crippen LogP contribution in [0.5, 0.6) is 0 Å². The van der Waals surface area contributed by atoms with Crippen LogP contribution in [0.2, 0.25) is 0 Å². The second-order valence-electron chi connectivity index (χ2n) is 7.02.